The molecule has 1 fully saturated rings. The van der Waals surface area contributed by atoms with Gasteiger partial charge in [-0.1, -0.05) is 0 Å². The summed E-state index contributed by atoms with van der Waals surface area (Å²) in [7, 11) is 3.89. The standard InChI is InChI=1S/C14H21N7S/c1-10-16-14(22-19-10)21-8-4-5-11(9-21)17-12-6-7-15-13(18-12)20(2)3/h6-7,11H,4-5,8-9H2,1-3H3,(H,15,17,18). The van der Waals surface area contributed by atoms with E-state index in [0.717, 1.165) is 48.7 Å². The van der Waals surface area contributed by atoms with Crippen LogP contribution in [0.2, 0.25) is 0 Å². The Bertz CT molecular complexity index is 627. The van der Waals surface area contributed by atoms with E-state index < -0.39 is 0 Å². The van der Waals surface area contributed by atoms with Crippen molar-refractivity contribution in [1.29, 1.82) is 0 Å². The Hall–Kier alpha value is -1.96. The molecule has 7 nitrogen and oxygen atoms in total. The highest BCUT2D eigenvalue weighted by Gasteiger charge is 2.22. The highest BCUT2D eigenvalue weighted by atomic mass is 32.1. The van der Waals surface area contributed by atoms with Crippen molar-refractivity contribution in [1.82, 2.24) is 19.3 Å². The molecule has 3 rings (SSSR count). The van der Waals surface area contributed by atoms with E-state index in [1.165, 1.54) is 11.5 Å². The molecular weight excluding hydrogens is 298 g/mol. The molecule has 0 amide bonds. The Balaban J connectivity index is 1.66. The van der Waals surface area contributed by atoms with Gasteiger partial charge in [0.15, 0.2) is 0 Å². The molecule has 0 saturated carbocycles. The fourth-order valence-corrected chi connectivity index (χ4v) is 3.25. The number of aryl methyl sites for hydroxylation is 1. The van der Waals surface area contributed by atoms with Crippen molar-refractivity contribution in [2.75, 3.05) is 42.3 Å². The van der Waals surface area contributed by atoms with Crippen LogP contribution in [0.1, 0.15) is 18.7 Å². The molecule has 2 aromatic rings. The number of hydrogen-bond acceptors (Lipinski definition) is 8. The molecular formula is C14H21N7S. The third kappa shape index (κ3) is 3.44. The lowest BCUT2D eigenvalue weighted by Crippen LogP contribution is -2.42. The summed E-state index contributed by atoms with van der Waals surface area (Å²) in [5.74, 6) is 2.44. The van der Waals surface area contributed by atoms with Crippen molar-refractivity contribution in [3.63, 3.8) is 0 Å². The zero-order valence-corrected chi connectivity index (χ0v) is 14.0. The van der Waals surface area contributed by atoms with Gasteiger partial charge < -0.3 is 15.1 Å². The molecule has 8 heteroatoms. The van der Waals surface area contributed by atoms with Crippen LogP contribution in [0.4, 0.5) is 16.9 Å². The van der Waals surface area contributed by atoms with Gasteiger partial charge >= 0.3 is 0 Å². The Kier molecular flexibility index (Phi) is 4.37. The summed E-state index contributed by atoms with van der Waals surface area (Å²) < 4.78 is 4.27. The minimum Gasteiger partial charge on any atom is -0.365 e. The molecule has 2 aromatic heterocycles. The van der Waals surface area contributed by atoms with Gasteiger partial charge in [0, 0.05) is 51.0 Å². The summed E-state index contributed by atoms with van der Waals surface area (Å²) in [5.41, 5.74) is 0. The van der Waals surface area contributed by atoms with Crippen LogP contribution in [0.25, 0.3) is 0 Å². The fraction of sp³-hybridized carbons (Fsp3) is 0.571. The maximum absolute atomic E-state index is 4.53. The highest BCUT2D eigenvalue weighted by Crippen LogP contribution is 2.23. The largest absolute Gasteiger partial charge is 0.365 e. The van der Waals surface area contributed by atoms with Gasteiger partial charge in [-0.05, 0) is 25.8 Å². The minimum absolute atomic E-state index is 0.364. The van der Waals surface area contributed by atoms with Gasteiger partial charge in [0.25, 0.3) is 0 Å². The van der Waals surface area contributed by atoms with E-state index in [9.17, 15) is 0 Å². The molecule has 3 heterocycles. The number of piperidine rings is 1. The van der Waals surface area contributed by atoms with Crippen molar-refractivity contribution in [2.45, 2.75) is 25.8 Å². The van der Waals surface area contributed by atoms with E-state index in [0.29, 0.717) is 6.04 Å². The van der Waals surface area contributed by atoms with E-state index >= 15 is 0 Å². The summed E-state index contributed by atoms with van der Waals surface area (Å²) in [5, 5.41) is 4.53. The van der Waals surface area contributed by atoms with Gasteiger partial charge in [-0.3, -0.25) is 0 Å². The maximum atomic E-state index is 4.53. The number of nitrogens with zero attached hydrogens (tertiary/aromatic N) is 6. The minimum atomic E-state index is 0.364. The van der Waals surface area contributed by atoms with Crippen molar-refractivity contribution in [2.24, 2.45) is 0 Å². The van der Waals surface area contributed by atoms with Crippen molar-refractivity contribution in [3.05, 3.63) is 18.1 Å². The number of hydrogen-bond donors (Lipinski definition) is 1. The lowest BCUT2D eigenvalue weighted by atomic mass is 10.1. The summed E-state index contributed by atoms with van der Waals surface area (Å²) in [6.07, 6.45) is 4.07. The first-order valence-electron chi connectivity index (χ1n) is 7.44. The molecule has 0 radical (unpaired) electrons. The van der Waals surface area contributed by atoms with Crippen LogP contribution in [0.15, 0.2) is 12.3 Å². The molecule has 0 aliphatic carbocycles. The van der Waals surface area contributed by atoms with E-state index in [-0.39, 0.29) is 0 Å². The molecule has 1 saturated heterocycles. The van der Waals surface area contributed by atoms with Gasteiger partial charge in [-0.15, -0.1) is 0 Å². The van der Waals surface area contributed by atoms with Crippen LogP contribution in [0, 0.1) is 6.92 Å². The van der Waals surface area contributed by atoms with Gasteiger partial charge in [0.1, 0.15) is 11.6 Å². The lowest BCUT2D eigenvalue weighted by molar-refractivity contribution is 0.528. The Morgan fingerprint density at radius 2 is 2.23 bits per heavy atom. The van der Waals surface area contributed by atoms with Gasteiger partial charge in [-0.2, -0.15) is 9.36 Å². The second-order valence-electron chi connectivity index (χ2n) is 5.69. The summed E-state index contributed by atoms with van der Waals surface area (Å²) in [6, 6.07) is 2.28. The van der Waals surface area contributed by atoms with Gasteiger partial charge in [0.2, 0.25) is 11.1 Å². The topological polar surface area (TPSA) is 70.1 Å². The number of nitrogens with one attached hydrogen (secondary N) is 1. The van der Waals surface area contributed by atoms with E-state index in [2.05, 4.69) is 29.5 Å². The van der Waals surface area contributed by atoms with Crippen molar-refractivity contribution < 1.29 is 0 Å². The zero-order chi connectivity index (χ0) is 15.5. The summed E-state index contributed by atoms with van der Waals surface area (Å²) in [6.45, 7) is 3.90. The average molecular weight is 319 g/mol. The lowest BCUT2D eigenvalue weighted by Gasteiger charge is -2.33. The molecule has 1 atom stereocenters. The normalized spacial score (nSPS) is 18.3. The zero-order valence-electron chi connectivity index (χ0n) is 13.2. The number of anilines is 3. The number of aromatic nitrogens is 4. The number of rotatable bonds is 4. The van der Waals surface area contributed by atoms with E-state index in [4.69, 9.17) is 0 Å². The van der Waals surface area contributed by atoms with Crippen LogP contribution < -0.4 is 15.1 Å². The summed E-state index contributed by atoms with van der Waals surface area (Å²) >= 11 is 1.48. The van der Waals surface area contributed by atoms with E-state index in [1.807, 2.05) is 32.0 Å². The maximum Gasteiger partial charge on any atom is 0.226 e. The second-order valence-corrected chi connectivity index (χ2v) is 6.42. The van der Waals surface area contributed by atoms with Crippen LogP contribution >= 0.6 is 11.5 Å². The quantitative estimate of drug-likeness (QED) is 0.921. The first kappa shape index (κ1) is 15.0. The van der Waals surface area contributed by atoms with Crippen LogP contribution in [-0.4, -0.2) is 52.6 Å². The fourth-order valence-electron chi connectivity index (χ4n) is 2.54. The van der Waals surface area contributed by atoms with E-state index in [1.54, 1.807) is 6.20 Å². The Morgan fingerprint density at radius 1 is 1.36 bits per heavy atom. The second kappa shape index (κ2) is 6.43. The van der Waals surface area contributed by atoms with Gasteiger partial charge in [-0.25, -0.2) is 9.97 Å². The highest BCUT2D eigenvalue weighted by molar-refractivity contribution is 7.09. The van der Waals surface area contributed by atoms with Crippen LogP contribution in [-0.2, 0) is 0 Å². The summed E-state index contributed by atoms with van der Waals surface area (Å²) in [4.78, 5) is 17.5. The van der Waals surface area contributed by atoms with Gasteiger partial charge in [0.05, 0.1) is 0 Å². The first-order chi connectivity index (χ1) is 10.6. The molecule has 0 bridgehead atoms. The Morgan fingerprint density at radius 3 is 2.95 bits per heavy atom. The average Bonchev–Trinajstić information content (AvgIpc) is 2.94. The molecule has 1 N–H and O–H groups in total. The molecule has 118 valence electrons. The smallest absolute Gasteiger partial charge is 0.226 e. The predicted octanol–water partition coefficient (Wildman–Crippen LogP) is 1.78. The van der Waals surface area contributed by atoms with Crippen LogP contribution in [0.3, 0.4) is 0 Å². The molecule has 1 aliphatic rings. The third-order valence-electron chi connectivity index (χ3n) is 3.60. The Labute approximate surface area is 134 Å². The molecule has 0 aromatic carbocycles. The molecule has 0 spiro atoms. The molecule has 22 heavy (non-hydrogen) atoms. The van der Waals surface area contributed by atoms with Crippen molar-refractivity contribution in [3.8, 4) is 0 Å². The predicted molar refractivity (Wildman–Crippen MR) is 89.9 cm³/mol. The molecule has 1 unspecified atom stereocenters. The molecule has 1 aliphatic heterocycles. The monoisotopic (exact) mass is 319 g/mol. The van der Waals surface area contributed by atoms with Crippen LogP contribution in [0.5, 0.6) is 0 Å². The first-order valence-corrected chi connectivity index (χ1v) is 8.21. The van der Waals surface area contributed by atoms with Crippen molar-refractivity contribution >= 4 is 28.4 Å². The SMILES string of the molecule is Cc1nsc(N2CCCC(Nc3ccnc(N(C)C)n3)C2)n1. The third-order valence-corrected chi connectivity index (χ3v) is 4.47.